The second-order valence-corrected chi connectivity index (χ2v) is 6.30. The molecule has 1 amide bonds. The van der Waals surface area contributed by atoms with Crippen molar-refractivity contribution >= 4 is 17.5 Å². The SMILES string of the molecule is CCC(N)(CC)CNC(=O)CCc1nc(-c2ccc(Cl)cc2)no1. The van der Waals surface area contributed by atoms with Crippen LogP contribution in [0.25, 0.3) is 11.4 Å². The van der Waals surface area contributed by atoms with Crippen LogP contribution in [-0.4, -0.2) is 28.1 Å². The van der Waals surface area contributed by atoms with E-state index in [9.17, 15) is 4.79 Å². The first-order chi connectivity index (χ1) is 11.5. The van der Waals surface area contributed by atoms with Gasteiger partial charge in [0.2, 0.25) is 17.6 Å². The molecule has 130 valence electrons. The number of nitrogens with two attached hydrogens (primary N) is 1. The molecule has 2 aromatic rings. The van der Waals surface area contributed by atoms with E-state index >= 15 is 0 Å². The Labute approximate surface area is 146 Å². The molecule has 1 aromatic heterocycles. The molecule has 0 aliphatic carbocycles. The number of halogens is 1. The van der Waals surface area contributed by atoms with Crippen molar-refractivity contribution in [1.29, 1.82) is 0 Å². The van der Waals surface area contributed by atoms with Crippen LogP contribution in [0.1, 0.15) is 39.0 Å². The predicted molar refractivity (Wildman–Crippen MR) is 93.6 cm³/mol. The summed E-state index contributed by atoms with van der Waals surface area (Å²) < 4.78 is 5.19. The minimum Gasteiger partial charge on any atom is -0.354 e. The van der Waals surface area contributed by atoms with Gasteiger partial charge in [0.1, 0.15) is 0 Å². The van der Waals surface area contributed by atoms with E-state index in [1.165, 1.54) is 0 Å². The van der Waals surface area contributed by atoms with E-state index in [1.54, 1.807) is 12.1 Å². The highest BCUT2D eigenvalue weighted by Crippen LogP contribution is 2.19. The Morgan fingerprint density at radius 1 is 1.29 bits per heavy atom. The summed E-state index contributed by atoms with van der Waals surface area (Å²) in [5, 5.41) is 7.44. The molecule has 1 heterocycles. The molecule has 2 rings (SSSR count). The highest BCUT2D eigenvalue weighted by atomic mass is 35.5. The zero-order valence-electron chi connectivity index (χ0n) is 14.0. The van der Waals surface area contributed by atoms with Gasteiger partial charge in [0.05, 0.1) is 0 Å². The third-order valence-electron chi connectivity index (χ3n) is 4.18. The number of rotatable bonds is 8. The monoisotopic (exact) mass is 350 g/mol. The quantitative estimate of drug-likeness (QED) is 0.763. The van der Waals surface area contributed by atoms with Gasteiger partial charge in [0.15, 0.2) is 0 Å². The molecule has 7 heteroatoms. The lowest BCUT2D eigenvalue weighted by Gasteiger charge is -2.26. The zero-order chi connectivity index (χ0) is 17.6. The second kappa shape index (κ2) is 8.26. The second-order valence-electron chi connectivity index (χ2n) is 5.86. The molecule has 1 aromatic carbocycles. The Kier molecular flexibility index (Phi) is 6.34. The summed E-state index contributed by atoms with van der Waals surface area (Å²) in [5.74, 6) is 0.845. The summed E-state index contributed by atoms with van der Waals surface area (Å²) in [6.45, 7) is 4.51. The van der Waals surface area contributed by atoms with Crippen molar-refractivity contribution in [3.8, 4) is 11.4 Å². The summed E-state index contributed by atoms with van der Waals surface area (Å²) in [6.07, 6.45) is 2.31. The number of amides is 1. The fourth-order valence-corrected chi connectivity index (χ4v) is 2.28. The Morgan fingerprint density at radius 3 is 2.58 bits per heavy atom. The third kappa shape index (κ3) is 5.04. The Morgan fingerprint density at radius 2 is 1.96 bits per heavy atom. The molecule has 0 saturated carbocycles. The number of benzene rings is 1. The minimum absolute atomic E-state index is 0.0713. The average Bonchev–Trinajstić information content (AvgIpc) is 3.07. The van der Waals surface area contributed by atoms with E-state index in [0.29, 0.717) is 29.7 Å². The van der Waals surface area contributed by atoms with Crippen LogP contribution in [0.3, 0.4) is 0 Å². The lowest BCUT2D eigenvalue weighted by Crippen LogP contribution is -2.49. The van der Waals surface area contributed by atoms with Gasteiger partial charge in [-0.3, -0.25) is 4.79 Å². The summed E-state index contributed by atoms with van der Waals surface area (Å²) in [4.78, 5) is 16.2. The van der Waals surface area contributed by atoms with Gasteiger partial charge >= 0.3 is 0 Å². The normalized spacial score (nSPS) is 11.5. The van der Waals surface area contributed by atoms with Crippen LogP contribution in [0.5, 0.6) is 0 Å². The van der Waals surface area contributed by atoms with Crippen molar-refractivity contribution in [2.45, 2.75) is 45.1 Å². The largest absolute Gasteiger partial charge is 0.354 e. The van der Waals surface area contributed by atoms with Gasteiger partial charge in [0.25, 0.3) is 0 Å². The molecule has 3 N–H and O–H groups in total. The summed E-state index contributed by atoms with van der Waals surface area (Å²) in [5.41, 5.74) is 6.64. The number of nitrogens with one attached hydrogen (secondary N) is 1. The highest BCUT2D eigenvalue weighted by molar-refractivity contribution is 6.30. The molecule has 0 aliphatic heterocycles. The molecule has 6 nitrogen and oxygen atoms in total. The van der Waals surface area contributed by atoms with Gasteiger partial charge in [-0.25, -0.2) is 0 Å². The topological polar surface area (TPSA) is 94.0 Å². The van der Waals surface area contributed by atoms with Crippen LogP contribution < -0.4 is 11.1 Å². The summed E-state index contributed by atoms with van der Waals surface area (Å²) in [7, 11) is 0. The van der Waals surface area contributed by atoms with Crippen LogP contribution in [0.2, 0.25) is 5.02 Å². The molecule has 0 aliphatic rings. The van der Waals surface area contributed by atoms with Gasteiger partial charge in [-0.2, -0.15) is 4.98 Å². The Balaban J connectivity index is 1.84. The minimum atomic E-state index is -0.345. The molecule has 0 bridgehead atoms. The van der Waals surface area contributed by atoms with Crippen LogP contribution in [0, 0.1) is 0 Å². The molecule has 0 radical (unpaired) electrons. The number of aryl methyl sites for hydroxylation is 1. The average molecular weight is 351 g/mol. The van der Waals surface area contributed by atoms with Gasteiger partial charge in [-0.1, -0.05) is 30.6 Å². The number of aromatic nitrogens is 2. The molecule has 0 saturated heterocycles. The van der Waals surface area contributed by atoms with Crippen LogP contribution in [0.4, 0.5) is 0 Å². The molecule has 24 heavy (non-hydrogen) atoms. The Hall–Kier alpha value is -1.92. The first-order valence-corrected chi connectivity index (χ1v) is 8.47. The predicted octanol–water partition coefficient (Wildman–Crippen LogP) is 2.96. The molecule has 0 fully saturated rings. The van der Waals surface area contributed by atoms with Gasteiger partial charge in [-0.05, 0) is 37.1 Å². The standard InChI is InChI=1S/C17H23ClN4O2/c1-3-17(19,4-2)11-20-14(23)9-10-15-21-16(22-24-15)12-5-7-13(18)8-6-12/h5-8H,3-4,9-11,19H2,1-2H3,(H,20,23). The van der Waals surface area contributed by atoms with E-state index in [1.807, 2.05) is 26.0 Å². The molecule has 0 atom stereocenters. The van der Waals surface area contributed by atoms with Crippen molar-refractivity contribution < 1.29 is 9.32 Å². The highest BCUT2D eigenvalue weighted by Gasteiger charge is 2.21. The molecule has 0 spiro atoms. The van der Waals surface area contributed by atoms with E-state index in [2.05, 4.69) is 15.5 Å². The van der Waals surface area contributed by atoms with E-state index in [-0.39, 0.29) is 17.9 Å². The maximum absolute atomic E-state index is 11.9. The van der Waals surface area contributed by atoms with E-state index < -0.39 is 0 Å². The first kappa shape index (κ1) is 18.4. The third-order valence-corrected chi connectivity index (χ3v) is 4.43. The van der Waals surface area contributed by atoms with Crippen molar-refractivity contribution in [3.05, 3.63) is 35.2 Å². The van der Waals surface area contributed by atoms with Crippen LogP contribution in [0.15, 0.2) is 28.8 Å². The number of hydrogen-bond donors (Lipinski definition) is 2. The number of nitrogens with zero attached hydrogens (tertiary/aromatic N) is 2. The number of carbonyl (C=O) groups excluding carboxylic acids is 1. The van der Waals surface area contributed by atoms with Gasteiger partial charge in [-0.15, -0.1) is 0 Å². The lowest BCUT2D eigenvalue weighted by atomic mass is 9.94. The summed E-state index contributed by atoms with van der Waals surface area (Å²) in [6, 6.07) is 7.17. The molecular formula is C17H23ClN4O2. The van der Waals surface area contributed by atoms with Crippen molar-refractivity contribution in [3.63, 3.8) is 0 Å². The smallest absolute Gasteiger partial charge is 0.227 e. The lowest BCUT2D eigenvalue weighted by molar-refractivity contribution is -0.121. The van der Waals surface area contributed by atoms with Gasteiger partial charge < -0.3 is 15.6 Å². The Bertz CT molecular complexity index is 665. The van der Waals surface area contributed by atoms with Crippen molar-refractivity contribution in [2.24, 2.45) is 5.73 Å². The summed E-state index contributed by atoms with van der Waals surface area (Å²) >= 11 is 5.85. The number of carbonyl (C=O) groups is 1. The maximum Gasteiger partial charge on any atom is 0.227 e. The van der Waals surface area contributed by atoms with Crippen molar-refractivity contribution in [2.75, 3.05) is 6.54 Å². The maximum atomic E-state index is 11.9. The van der Waals surface area contributed by atoms with Gasteiger partial charge in [0, 0.05) is 35.5 Å². The van der Waals surface area contributed by atoms with E-state index in [0.717, 1.165) is 18.4 Å². The fraction of sp³-hybridized carbons (Fsp3) is 0.471. The van der Waals surface area contributed by atoms with Crippen molar-refractivity contribution in [1.82, 2.24) is 15.5 Å². The van der Waals surface area contributed by atoms with E-state index in [4.69, 9.17) is 21.9 Å². The molecule has 0 unspecified atom stereocenters. The van der Waals surface area contributed by atoms with Crippen LogP contribution >= 0.6 is 11.6 Å². The number of hydrogen-bond acceptors (Lipinski definition) is 5. The fourth-order valence-electron chi connectivity index (χ4n) is 2.16. The molecular weight excluding hydrogens is 328 g/mol. The zero-order valence-corrected chi connectivity index (χ0v) is 14.8. The van der Waals surface area contributed by atoms with Crippen LogP contribution in [-0.2, 0) is 11.2 Å². The first-order valence-electron chi connectivity index (χ1n) is 8.10.